The second-order valence-electron chi connectivity index (χ2n) is 3.66. The number of hydrogen-bond donors (Lipinski definition) is 2. The van der Waals surface area contributed by atoms with Crippen LogP contribution < -0.4 is 0 Å². The largest absolute Gasteiger partial charge is 0.507 e. The van der Waals surface area contributed by atoms with Crippen molar-refractivity contribution in [2.75, 3.05) is 0 Å². The van der Waals surface area contributed by atoms with Gasteiger partial charge in [0.1, 0.15) is 11.6 Å². The number of rotatable bonds is 2. The summed E-state index contributed by atoms with van der Waals surface area (Å²) in [6.07, 6.45) is 0. The zero-order valence-electron chi connectivity index (χ0n) is 9.02. The lowest BCUT2D eigenvalue weighted by Crippen LogP contribution is -1.97. The highest BCUT2D eigenvalue weighted by Gasteiger charge is 2.12. The number of halogens is 2. The van der Waals surface area contributed by atoms with Crippen molar-refractivity contribution in [3.8, 4) is 16.9 Å². The molecule has 2 rings (SSSR count). The summed E-state index contributed by atoms with van der Waals surface area (Å²) < 4.78 is 12.9. The number of benzene rings is 2. The van der Waals surface area contributed by atoms with E-state index in [2.05, 4.69) is 0 Å². The van der Waals surface area contributed by atoms with E-state index in [0.717, 1.165) is 6.07 Å². The molecule has 5 heteroatoms. The van der Waals surface area contributed by atoms with Crippen LogP contribution >= 0.6 is 11.6 Å². The highest BCUT2D eigenvalue weighted by Crippen LogP contribution is 2.32. The molecule has 2 aromatic rings. The third-order valence-corrected chi connectivity index (χ3v) is 2.80. The van der Waals surface area contributed by atoms with Crippen LogP contribution in [0.25, 0.3) is 11.1 Å². The van der Waals surface area contributed by atoms with Gasteiger partial charge in [-0.1, -0.05) is 17.7 Å². The van der Waals surface area contributed by atoms with Gasteiger partial charge in [-0.05, 0) is 29.8 Å². The summed E-state index contributed by atoms with van der Waals surface area (Å²) in [7, 11) is 0. The Bertz CT molecular complexity index is 626. The normalized spacial score (nSPS) is 10.3. The van der Waals surface area contributed by atoms with Crippen LogP contribution in [0.3, 0.4) is 0 Å². The summed E-state index contributed by atoms with van der Waals surface area (Å²) in [4.78, 5) is 10.9. The molecular weight excluding hydrogens is 259 g/mol. The van der Waals surface area contributed by atoms with Crippen molar-refractivity contribution in [2.24, 2.45) is 0 Å². The number of carboxylic acids is 1. The minimum Gasteiger partial charge on any atom is -0.507 e. The molecule has 3 nitrogen and oxygen atoms in total. The Labute approximate surface area is 107 Å². The van der Waals surface area contributed by atoms with Crippen molar-refractivity contribution in [1.82, 2.24) is 0 Å². The minimum atomic E-state index is -1.16. The van der Waals surface area contributed by atoms with Crippen LogP contribution in [0, 0.1) is 5.82 Å². The maximum Gasteiger partial charge on any atom is 0.337 e. The average molecular weight is 267 g/mol. The molecule has 0 fully saturated rings. The van der Waals surface area contributed by atoms with E-state index < -0.39 is 11.8 Å². The van der Waals surface area contributed by atoms with Crippen LogP contribution in [-0.2, 0) is 0 Å². The molecule has 0 aliphatic carbocycles. The molecule has 0 radical (unpaired) electrons. The Morgan fingerprint density at radius 3 is 2.50 bits per heavy atom. The number of phenols is 1. The number of aromatic carboxylic acids is 1. The van der Waals surface area contributed by atoms with E-state index in [-0.39, 0.29) is 16.3 Å². The third kappa shape index (κ3) is 2.28. The lowest BCUT2D eigenvalue weighted by molar-refractivity contribution is 0.0697. The average Bonchev–Trinajstić information content (AvgIpc) is 2.30. The topological polar surface area (TPSA) is 57.5 Å². The first-order chi connectivity index (χ1) is 8.49. The van der Waals surface area contributed by atoms with Crippen molar-refractivity contribution in [3.63, 3.8) is 0 Å². The number of carboxylic acid groups (broad SMARTS) is 1. The molecule has 0 unspecified atom stereocenters. The molecule has 0 aliphatic heterocycles. The van der Waals surface area contributed by atoms with Crippen molar-refractivity contribution in [1.29, 1.82) is 0 Å². The highest BCUT2D eigenvalue weighted by atomic mass is 35.5. The first kappa shape index (κ1) is 12.4. The quantitative estimate of drug-likeness (QED) is 0.874. The first-order valence-electron chi connectivity index (χ1n) is 5.01. The van der Waals surface area contributed by atoms with Crippen molar-refractivity contribution < 1.29 is 19.4 Å². The van der Waals surface area contributed by atoms with Gasteiger partial charge in [-0.2, -0.15) is 0 Å². The predicted octanol–water partition coefficient (Wildman–Crippen LogP) is 3.55. The number of aromatic hydroxyl groups is 1. The van der Waals surface area contributed by atoms with E-state index in [4.69, 9.17) is 16.7 Å². The molecule has 0 aromatic heterocycles. The number of phenolic OH excluding ortho intramolecular Hbond substituents is 1. The highest BCUT2D eigenvalue weighted by molar-refractivity contribution is 6.33. The summed E-state index contributed by atoms with van der Waals surface area (Å²) in [6, 6.07) is 7.83. The molecule has 0 aliphatic rings. The SMILES string of the molecule is O=C(O)c1cc(-c2ccc(F)cc2O)ccc1Cl. The maximum absolute atomic E-state index is 12.9. The van der Waals surface area contributed by atoms with E-state index in [0.29, 0.717) is 11.1 Å². The van der Waals surface area contributed by atoms with Gasteiger partial charge in [0.25, 0.3) is 0 Å². The van der Waals surface area contributed by atoms with Crippen molar-refractivity contribution in [2.45, 2.75) is 0 Å². The van der Waals surface area contributed by atoms with Gasteiger partial charge in [0.15, 0.2) is 0 Å². The number of carbonyl (C=O) groups is 1. The van der Waals surface area contributed by atoms with Gasteiger partial charge < -0.3 is 10.2 Å². The first-order valence-corrected chi connectivity index (χ1v) is 5.38. The molecular formula is C13H8ClFO3. The Balaban J connectivity index is 2.58. The fourth-order valence-electron chi connectivity index (χ4n) is 1.61. The Hall–Kier alpha value is -2.07. The van der Waals surface area contributed by atoms with Crippen LogP contribution in [0.1, 0.15) is 10.4 Å². The number of hydrogen-bond acceptors (Lipinski definition) is 2. The van der Waals surface area contributed by atoms with Crippen LogP contribution in [0.15, 0.2) is 36.4 Å². The zero-order valence-corrected chi connectivity index (χ0v) is 9.78. The molecule has 0 saturated carbocycles. The summed E-state index contributed by atoms with van der Waals surface area (Å²) in [5.41, 5.74) is 0.725. The predicted molar refractivity (Wildman–Crippen MR) is 65.5 cm³/mol. The Morgan fingerprint density at radius 2 is 1.89 bits per heavy atom. The smallest absolute Gasteiger partial charge is 0.337 e. The van der Waals surface area contributed by atoms with Crippen LogP contribution in [0.2, 0.25) is 5.02 Å². The summed E-state index contributed by atoms with van der Waals surface area (Å²) in [5, 5.41) is 18.7. The summed E-state index contributed by atoms with van der Waals surface area (Å²) in [6.45, 7) is 0. The second-order valence-corrected chi connectivity index (χ2v) is 4.07. The minimum absolute atomic E-state index is 0.0714. The molecule has 2 aromatic carbocycles. The van der Waals surface area contributed by atoms with Gasteiger partial charge in [-0.25, -0.2) is 9.18 Å². The second kappa shape index (κ2) is 4.66. The standard InChI is InChI=1S/C13H8ClFO3/c14-11-4-1-7(5-10(11)13(17)18)9-3-2-8(15)6-12(9)16/h1-6,16H,(H,17,18). The Kier molecular flexibility index (Phi) is 3.21. The maximum atomic E-state index is 12.9. The van der Waals surface area contributed by atoms with Crippen LogP contribution in [0.5, 0.6) is 5.75 Å². The van der Waals surface area contributed by atoms with Gasteiger partial charge in [-0.15, -0.1) is 0 Å². The summed E-state index contributed by atoms with van der Waals surface area (Å²) in [5.74, 6) is -1.99. The van der Waals surface area contributed by atoms with Gasteiger partial charge >= 0.3 is 5.97 Å². The third-order valence-electron chi connectivity index (χ3n) is 2.47. The van der Waals surface area contributed by atoms with Gasteiger partial charge in [0.2, 0.25) is 0 Å². The van der Waals surface area contributed by atoms with E-state index in [9.17, 15) is 14.3 Å². The zero-order chi connectivity index (χ0) is 13.3. The molecule has 0 atom stereocenters. The molecule has 0 bridgehead atoms. The molecule has 2 N–H and O–H groups in total. The lowest BCUT2D eigenvalue weighted by atomic mass is 10.0. The van der Waals surface area contributed by atoms with Gasteiger partial charge in [0.05, 0.1) is 10.6 Å². The van der Waals surface area contributed by atoms with Crippen LogP contribution in [0.4, 0.5) is 4.39 Å². The lowest BCUT2D eigenvalue weighted by Gasteiger charge is -2.07. The fourth-order valence-corrected chi connectivity index (χ4v) is 1.80. The summed E-state index contributed by atoms with van der Waals surface area (Å²) >= 11 is 5.74. The molecule has 0 amide bonds. The van der Waals surface area contributed by atoms with E-state index in [1.165, 1.54) is 24.3 Å². The fraction of sp³-hybridized carbons (Fsp3) is 0. The van der Waals surface area contributed by atoms with E-state index in [1.54, 1.807) is 6.07 Å². The van der Waals surface area contributed by atoms with Crippen molar-refractivity contribution in [3.05, 3.63) is 52.8 Å². The van der Waals surface area contributed by atoms with E-state index >= 15 is 0 Å². The molecule has 0 spiro atoms. The van der Waals surface area contributed by atoms with E-state index in [1.807, 2.05) is 0 Å². The molecule has 0 saturated heterocycles. The molecule has 0 heterocycles. The molecule has 18 heavy (non-hydrogen) atoms. The van der Waals surface area contributed by atoms with Crippen LogP contribution in [-0.4, -0.2) is 16.2 Å². The monoisotopic (exact) mass is 266 g/mol. The van der Waals surface area contributed by atoms with Gasteiger partial charge in [0, 0.05) is 11.6 Å². The van der Waals surface area contributed by atoms with Gasteiger partial charge in [-0.3, -0.25) is 0 Å². The molecule has 92 valence electrons. The Morgan fingerprint density at radius 1 is 1.17 bits per heavy atom. The van der Waals surface area contributed by atoms with Crippen molar-refractivity contribution >= 4 is 17.6 Å².